The molecule has 0 aliphatic rings. The molecular formula is C63H106O6. The predicted molar refractivity (Wildman–Crippen MR) is 297 cm³/mol. The van der Waals surface area contributed by atoms with E-state index in [0.717, 1.165) is 128 Å². The third-order valence-electron chi connectivity index (χ3n) is 12.1. The first kappa shape index (κ1) is 65.3. The Morgan fingerprint density at radius 2 is 0.565 bits per heavy atom. The molecule has 0 aliphatic carbocycles. The Bertz CT molecular complexity index is 1380. The van der Waals surface area contributed by atoms with Crippen molar-refractivity contribution in [1.29, 1.82) is 0 Å². The van der Waals surface area contributed by atoms with Crippen molar-refractivity contribution in [1.82, 2.24) is 0 Å². The van der Waals surface area contributed by atoms with E-state index in [9.17, 15) is 14.4 Å². The highest BCUT2D eigenvalue weighted by atomic mass is 16.6. The van der Waals surface area contributed by atoms with E-state index in [0.29, 0.717) is 19.3 Å². The van der Waals surface area contributed by atoms with Crippen LogP contribution in [0.1, 0.15) is 265 Å². The van der Waals surface area contributed by atoms with Crippen LogP contribution in [0, 0.1) is 0 Å². The van der Waals surface area contributed by atoms with Crippen molar-refractivity contribution in [3.8, 4) is 0 Å². The number of rotatable bonds is 51. The normalized spacial score (nSPS) is 12.8. The molecule has 6 nitrogen and oxygen atoms in total. The molecule has 0 heterocycles. The van der Waals surface area contributed by atoms with Crippen molar-refractivity contribution >= 4 is 17.9 Å². The zero-order valence-electron chi connectivity index (χ0n) is 45.0. The summed E-state index contributed by atoms with van der Waals surface area (Å²) in [4.78, 5) is 37.7. The molecule has 0 aromatic rings. The summed E-state index contributed by atoms with van der Waals surface area (Å²) in [5.74, 6) is -0.906. The van der Waals surface area contributed by atoms with E-state index in [1.807, 2.05) is 0 Å². The molecule has 0 aromatic heterocycles. The molecule has 0 amide bonds. The Kier molecular flexibility index (Phi) is 53.9. The summed E-state index contributed by atoms with van der Waals surface area (Å²) in [5.41, 5.74) is 0. The van der Waals surface area contributed by atoms with E-state index >= 15 is 0 Å². The molecule has 6 heteroatoms. The zero-order chi connectivity index (χ0) is 50.0. The van der Waals surface area contributed by atoms with Gasteiger partial charge in [-0.3, -0.25) is 14.4 Å². The first-order valence-electron chi connectivity index (χ1n) is 28.7. The van der Waals surface area contributed by atoms with Gasteiger partial charge in [0.25, 0.3) is 0 Å². The van der Waals surface area contributed by atoms with Gasteiger partial charge in [0.15, 0.2) is 6.10 Å². The number of hydrogen-bond donors (Lipinski definition) is 0. The smallest absolute Gasteiger partial charge is 0.306 e. The molecule has 0 aromatic carbocycles. The van der Waals surface area contributed by atoms with Crippen LogP contribution in [0.15, 0.2) is 97.2 Å². The minimum absolute atomic E-state index is 0.0807. The standard InChI is InChI=1S/C63H106O6/c1-4-7-10-13-15-17-19-21-23-24-25-26-27-28-29-30-31-32-33-34-35-36-37-38-40-41-43-45-47-50-53-56-62(65)68-59-60(58-67-61(64)55-52-49-12-9-6-3)69-63(66)57-54-51-48-46-44-42-39-22-20-18-16-14-11-8-5-2/h7,10,15,17,21,23,25-26,28-29,31-32,34-35,37-38,60H,4-6,8-9,11-14,16,18-20,22,24,27,30,33,36,39-59H2,1-3H3/b10-7-,17-15-,23-21-,26-25-,29-28-,32-31-,35-34-,38-37-. The van der Waals surface area contributed by atoms with Gasteiger partial charge in [-0.2, -0.15) is 0 Å². The second kappa shape index (κ2) is 56.9. The van der Waals surface area contributed by atoms with Gasteiger partial charge < -0.3 is 14.2 Å². The Labute approximate surface area is 426 Å². The molecule has 0 radical (unpaired) electrons. The summed E-state index contributed by atoms with van der Waals surface area (Å²) >= 11 is 0. The molecule has 0 aliphatic heterocycles. The molecule has 1 atom stereocenters. The molecular weight excluding hydrogens is 853 g/mol. The molecule has 69 heavy (non-hydrogen) atoms. The molecule has 0 spiro atoms. The van der Waals surface area contributed by atoms with Crippen molar-refractivity contribution in [3.63, 3.8) is 0 Å². The average Bonchev–Trinajstić information content (AvgIpc) is 3.35. The summed E-state index contributed by atoms with van der Waals surface area (Å²) in [5, 5.41) is 0. The van der Waals surface area contributed by atoms with Crippen molar-refractivity contribution in [3.05, 3.63) is 97.2 Å². The number of hydrogen-bond acceptors (Lipinski definition) is 6. The summed E-state index contributed by atoms with van der Waals surface area (Å²) < 4.78 is 16.7. The molecule has 1 unspecified atom stereocenters. The van der Waals surface area contributed by atoms with Gasteiger partial charge >= 0.3 is 17.9 Å². The number of ether oxygens (including phenoxy) is 3. The molecule has 0 fully saturated rings. The minimum atomic E-state index is -0.778. The van der Waals surface area contributed by atoms with Gasteiger partial charge in [0.05, 0.1) is 0 Å². The lowest BCUT2D eigenvalue weighted by molar-refractivity contribution is -0.167. The first-order valence-corrected chi connectivity index (χ1v) is 28.7. The maximum atomic E-state index is 12.8. The van der Waals surface area contributed by atoms with Gasteiger partial charge in [-0.25, -0.2) is 0 Å². The van der Waals surface area contributed by atoms with Crippen LogP contribution >= 0.6 is 0 Å². The Balaban J connectivity index is 4.11. The first-order chi connectivity index (χ1) is 34.0. The fourth-order valence-electron chi connectivity index (χ4n) is 7.81. The third kappa shape index (κ3) is 55.1. The topological polar surface area (TPSA) is 78.9 Å². The monoisotopic (exact) mass is 959 g/mol. The van der Waals surface area contributed by atoms with E-state index in [1.54, 1.807) is 0 Å². The molecule has 0 N–H and O–H groups in total. The number of esters is 3. The van der Waals surface area contributed by atoms with Gasteiger partial charge in [-0.05, 0) is 83.5 Å². The van der Waals surface area contributed by atoms with Crippen LogP contribution in [0.25, 0.3) is 0 Å². The van der Waals surface area contributed by atoms with E-state index in [-0.39, 0.29) is 31.1 Å². The maximum absolute atomic E-state index is 12.8. The number of unbranched alkanes of at least 4 members (excludes halogenated alkanes) is 24. The summed E-state index contributed by atoms with van der Waals surface area (Å²) in [6.45, 7) is 6.44. The number of carbonyl (C=O) groups excluding carboxylic acids is 3. The summed E-state index contributed by atoms with van der Waals surface area (Å²) in [6.07, 6.45) is 75.9. The fraction of sp³-hybridized carbons (Fsp3) is 0.698. The minimum Gasteiger partial charge on any atom is -0.462 e. The Hall–Kier alpha value is -3.67. The van der Waals surface area contributed by atoms with E-state index in [1.165, 1.54) is 96.3 Å². The lowest BCUT2D eigenvalue weighted by Crippen LogP contribution is -2.30. The van der Waals surface area contributed by atoms with Crippen molar-refractivity contribution < 1.29 is 28.6 Å². The van der Waals surface area contributed by atoms with Gasteiger partial charge in [0.2, 0.25) is 0 Å². The van der Waals surface area contributed by atoms with E-state index < -0.39 is 6.10 Å². The fourth-order valence-corrected chi connectivity index (χ4v) is 7.81. The van der Waals surface area contributed by atoms with E-state index in [2.05, 4.69) is 118 Å². The molecule has 0 rings (SSSR count). The SMILES string of the molecule is CC/C=C\C/C=C\C/C=C\C/C=C\C/C=C\C/C=C\C/C=C\C/C=C\CCCCCCCCC(=O)OCC(COC(=O)CCCCCCC)OC(=O)CCCCCCCCCCCCCCCCC. The van der Waals surface area contributed by atoms with Crippen LogP contribution in [0.4, 0.5) is 0 Å². The third-order valence-corrected chi connectivity index (χ3v) is 12.1. The Morgan fingerprint density at radius 1 is 0.304 bits per heavy atom. The highest BCUT2D eigenvalue weighted by Gasteiger charge is 2.19. The lowest BCUT2D eigenvalue weighted by atomic mass is 10.0. The number of allylic oxidation sites excluding steroid dienone is 16. The van der Waals surface area contributed by atoms with Crippen LogP contribution in [-0.4, -0.2) is 37.2 Å². The second-order valence-electron chi connectivity index (χ2n) is 18.8. The average molecular weight is 960 g/mol. The quantitative estimate of drug-likeness (QED) is 0.0262. The molecule has 0 saturated carbocycles. The highest BCUT2D eigenvalue weighted by Crippen LogP contribution is 2.15. The van der Waals surface area contributed by atoms with Gasteiger partial charge in [0.1, 0.15) is 13.2 Å². The largest absolute Gasteiger partial charge is 0.462 e. The van der Waals surface area contributed by atoms with Gasteiger partial charge in [-0.1, -0.05) is 259 Å². The molecule has 0 bridgehead atoms. The predicted octanol–water partition coefficient (Wildman–Crippen LogP) is 19.3. The number of carbonyl (C=O) groups is 3. The summed E-state index contributed by atoms with van der Waals surface area (Å²) in [6, 6.07) is 0. The summed E-state index contributed by atoms with van der Waals surface area (Å²) in [7, 11) is 0. The van der Waals surface area contributed by atoms with Crippen LogP contribution < -0.4 is 0 Å². The molecule has 0 saturated heterocycles. The second-order valence-corrected chi connectivity index (χ2v) is 18.8. The van der Waals surface area contributed by atoms with Gasteiger partial charge in [-0.15, -0.1) is 0 Å². The van der Waals surface area contributed by atoms with Crippen LogP contribution in [0.5, 0.6) is 0 Å². The van der Waals surface area contributed by atoms with Crippen LogP contribution in [0.3, 0.4) is 0 Å². The van der Waals surface area contributed by atoms with Gasteiger partial charge in [0, 0.05) is 19.3 Å². The Morgan fingerprint density at radius 3 is 0.884 bits per heavy atom. The van der Waals surface area contributed by atoms with E-state index in [4.69, 9.17) is 14.2 Å². The van der Waals surface area contributed by atoms with Crippen LogP contribution in [-0.2, 0) is 28.6 Å². The maximum Gasteiger partial charge on any atom is 0.306 e. The van der Waals surface area contributed by atoms with Crippen molar-refractivity contribution in [2.45, 2.75) is 271 Å². The van der Waals surface area contributed by atoms with Crippen molar-refractivity contribution in [2.75, 3.05) is 13.2 Å². The van der Waals surface area contributed by atoms with Crippen LogP contribution in [0.2, 0.25) is 0 Å². The zero-order valence-corrected chi connectivity index (χ0v) is 45.0. The highest BCUT2D eigenvalue weighted by molar-refractivity contribution is 5.71. The lowest BCUT2D eigenvalue weighted by Gasteiger charge is -2.18. The van der Waals surface area contributed by atoms with Crippen molar-refractivity contribution in [2.24, 2.45) is 0 Å². The molecule has 394 valence electrons.